The summed E-state index contributed by atoms with van der Waals surface area (Å²) in [5, 5.41) is 90.8. The molecule has 15 heteroatoms. The molecule has 0 aliphatic carbocycles. The third-order valence-corrected chi connectivity index (χ3v) is 7.26. The molecule has 0 aromatic heterocycles. The summed E-state index contributed by atoms with van der Waals surface area (Å²) in [4.78, 5) is 12.4. The molecule has 2 aromatic rings. The molecule has 2 saturated heterocycles. The molecule has 9 N–H and O–H groups in total. The van der Waals surface area contributed by atoms with Gasteiger partial charge in [0.1, 0.15) is 49.3 Å². The Morgan fingerprint density at radius 1 is 0.795 bits per heavy atom. The Labute approximate surface area is 251 Å². The van der Waals surface area contributed by atoms with Crippen LogP contribution in [-0.2, 0) is 34.9 Å². The molecule has 15 nitrogen and oxygen atoms in total. The monoisotopic (exact) mass is 624 g/mol. The number of ether oxygens (including phenoxy) is 5. The zero-order chi connectivity index (χ0) is 32.1. The molecule has 2 aromatic carbocycles. The van der Waals surface area contributed by atoms with Crippen LogP contribution >= 0.6 is 0 Å². The topological polar surface area (TPSA) is 245 Å². The van der Waals surface area contributed by atoms with Crippen molar-refractivity contribution in [3.05, 3.63) is 53.6 Å². The number of hydrogen-bond acceptors (Lipinski definition) is 15. The summed E-state index contributed by atoms with van der Waals surface area (Å²) in [5.41, 5.74) is 0.962. The van der Waals surface area contributed by atoms with E-state index in [0.29, 0.717) is 11.1 Å². The lowest BCUT2D eigenvalue weighted by Gasteiger charge is -2.45. The minimum absolute atomic E-state index is 0.0754. The van der Waals surface area contributed by atoms with Crippen molar-refractivity contribution in [2.24, 2.45) is 0 Å². The summed E-state index contributed by atoms with van der Waals surface area (Å²) in [6.45, 7) is 0.804. The molecule has 242 valence electrons. The van der Waals surface area contributed by atoms with Gasteiger partial charge in [0.15, 0.2) is 35.6 Å². The van der Waals surface area contributed by atoms with Crippen LogP contribution in [0.15, 0.2) is 42.5 Å². The van der Waals surface area contributed by atoms with Gasteiger partial charge in [-0.15, -0.1) is 0 Å². The minimum Gasteiger partial charge on any atom is -0.504 e. The van der Waals surface area contributed by atoms with E-state index in [1.807, 2.05) is 0 Å². The van der Waals surface area contributed by atoms with Crippen molar-refractivity contribution in [1.82, 2.24) is 0 Å². The fraction of sp³-hybridized carbons (Fsp3) is 0.483. The predicted octanol–water partition coefficient (Wildman–Crippen LogP) is -1.02. The fourth-order valence-corrected chi connectivity index (χ4v) is 4.66. The third-order valence-electron chi connectivity index (χ3n) is 7.26. The maximum absolute atomic E-state index is 12.4. The van der Waals surface area contributed by atoms with Crippen molar-refractivity contribution in [2.75, 3.05) is 13.2 Å². The van der Waals surface area contributed by atoms with Crippen molar-refractivity contribution in [1.29, 1.82) is 0 Å². The van der Waals surface area contributed by atoms with Gasteiger partial charge in [-0.2, -0.15) is 0 Å². The maximum Gasteiger partial charge on any atom is 0.330 e. The summed E-state index contributed by atoms with van der Waals surface area (Å²) >= 11 is 0. The maximum atomic E-state index is 12.4. The van der Waals surface area contributed by atoms with Gasteiger partial charge in [-0.25, -0.2) is 4.79 Å². The van der Waals surface area contributed by atoms with Crippen molar-refractivity contribution < 1.29 is 74.4 Å². The Morgan fingerprint density at radius 2 is 1.48 bits per heavy atom. The SMILES string of the molecule is C[C@@H]1O[C@@H](O[C@@H]2[C@@H](O)[C@H](OCCc3ccc(O)c(O)c3)O[C@H](COC(=O)/C=C\c3ccc(O)c(O)c3)[C@H]2O)[C@H](O)[C@H](O)[C@H]1O. The molecule has 44 heavy (non-hydrogen) atoms. The highest BCUT2D eigenvalue weighted by atomic mass is 16.7. The minimum atomic E-state index is -1.74. The van der Waals surface area contributed by atoms with E-state index >= 15 is 0 Å². The fourth-order valence-electron chi connectivity index (χ4n) is 4.66. The van der Waals surface area contributed by atoms with E-state index in [-0.39, 0.29) is 36.0 Å². The molecule has 2 fully saturated rings. The van der Waals surface area contributed by atoms with Gasteiger partial charge in [0.25, 0.3) is 0 Å². The van der Waals surface area contributed by atoms with Crippen molar-refractivity contribution >= 4 is 12.0 Å². The number of carbonyl (C=O) groups is 1. The zero-order valence-corrected chi connectivity index (χ0v) is 23.5. The number of hydrogen-bond donors (Lipinski definition) is 9. The van der Waals surface area contributed by atoms with E-state index in [2.05, 4.69) is 0 Å². The van der Waals surface area contributed by atoms with Gasteiger partial charge in [-0.1, -0.05) is 12.1 Å². The molecular formula is C29H36O15. The number of phenols is 4. The average molecular weight is 625 g/mol. The lowest BCUT2D eigenvalue weighted by Crippen LogP contribution is -2.64. The summed E-state index contributed by atoms with van der Waals surface area (Å²) in [6, 6.07) is 8.05. The first-order chi connectivity index (χ1) is 20.8. The predicted molar refractivity (Wildman–Crippen MR) is 147 cm³/mol. The molecule has 0 saturated carbocycles. The van der Waals surface area contributed by atoms with Gasteiger partial charge in [0.05, 0.1) is 12.7 Å². The lowest BCUT2D eigenvalue weighted by atomic mass is 9.97. The van der Waals surface area contributed by atoms with Gasteiger partial charge in [0, 0.05) is 6.08 Å². The summed E-state index contributed by atoms with van der Waals surface area (Å²) < 4.78 is 27.7. The number of esters is 1. The highest BCUT2D eigenvalue weighted by Crippen LogP contribution is 2.31. The van der Waals surface area contributed by atoms with Gasteiger partial charge in [0.2, 0.25) is 0 Å². The standard InChI is InChI=1S/C29H36O15/c1-13-22(35)24(37)25(38)29(42-13)44-27-23(36)20(12-41-21(34)7-4-14-2-5-16(30)18(32)10-14)43-28(26(27)39)40-9-8-15-3-6-17(31)19(33)11-15/h2-7,10-11,13,20,22-33,35-39H,8-9,12H2,1H3/b7-4-/t13-,20+,22-,23+,24+,25+,26+,27-,28+,29-/m0/s1. The lowest BCUT2D eigenvalue weighted by molar-refractivity contribution is -0.357. The first-order valence-corrected chi connectivity index (χ1v) is 13.7. The normalized spacial score (nSPS) is 32.5. The quantitative estimate of drug-likeness (QED) is 0.0873. The van der Waals surface area contributed by atoms with Crippen LogP contribution in [0.5, 0.6) is 23.0 Å². The smallest absolute Gasteiger partial charge is 0.330 e. The molecule has 2 heterocycles. The Bertz CT molecular complexity index is 1300. The highest BCUT2D eigenvalue weighted by Gasteiger charge is 2.50. The van der Waals surface area contributed by atoms with Crippen molar-refractivity contribution in [3.8, 4) is 23.0 Å². The van der Waals surface area contributed by atoms with E-state index < -0.39 is 74.0 Å². The van der Waals surface area contributed by atoms with E-state index in [0.717, 1.165) is 6.08 Å². The molecule has 0 amide bonds. The van der Waals surface area contributed by atoms with Crippen LogP contribution in [0.3, 0.4) is 0 Å². The summed E-state index contributed by atoms with van der Waals surface area (Å²) in [7, 11) is 0. The van der Waals surface area contributed by atoms with Crippen LogP contribution in [0.2, 0.25) is 0 Å². The van der Waals surface area contributed by atoms with Crippen molar-refractivity contribution in [3.63, 3.8) is 0 Å². The number of carbonyl (C=O) groups excluding carboxylic acids is 1. The largest absolute Gasteiger partial charge is 0.504 e. The molecule has 2 aliphatic heterocycles. The third kappa shape index (κ3) is 7.95. The van der Waals surface area contributed by atoms with E-state index in [9.17, 15) is 50.8 Å². The van der Waals surface area contributed by atoms with Gasteiger partial charge < -0.3 is 69.6 Å². The van der Waals surface area contributed by atoms with E-state index in [1.165, 1.54) is 43.3 Å². The van der Waals surface area contributed by atoms with E-state index in [1.54, 1.807) is 6.07 Å². The highest BCUT2D eigenvalue weighted by molar-refractivity contribution is 5.87. The molecule has 0 radical (unpaired) electrons. The zero-order valence-electron chi connectivity index (χ0n) is 23.5. The molecule has 2 aliphatic rings. The first kappa shape index (κ1) is 33.4. The number of aliphatic hydroxyl groups is 5. The average Bonchev–Trinajstić information content (AvgIpc) is 2.99. The number of aliphatic hydroxyl groups excluding tert-OH is 5. The van der Waals surface area contributed by atoms with Crippen LogP contribution in [-0.4, -0.2) is 127 Å². The Hall–Kier alpha value is -3.51. The number of rotatable bonds is 10. The van der Waals surface area contributed by atoms with Crippen molar-refractivity contribution in [2.45, 2.75) is 74.8 Å². The molecule has 0 spiro atoms. The summed E-state index contributed by atoms with van der Waals surface area (Å²) in [6.07, 6.45) is -12.5. The number of benzene rings is 2. The van der Waals surface area contributed by atoms with E-state index in [4.69, 9.17) is 23.7 Å². The molecule has 10 atom stereocenters. The summed E-state index contributed by atoms with van der Waals surface area (Å²) in [5.74, 6) is -2.23. The molecular weight excluding hydrogens is 588 g/mol. The Balaban J connectivity index is 1.44. The van der Waals surface area contributed by atoms with Crippen LogP contribution < -0.4 is 0 Å². The van der Waals surface area contributed by atoms with Gasteiger partial charge in [-0.3, -0.25) is 0 Å². The second-order valence-corrected chi connectivity index (χ2v) is 10.5. The molecule has 4 rings (SSSR count). The number of aromatic hydroxyl groups is 4. The van der Waals surface area contributed by atoms with Crippen LogP contribution in [0.1, 0.15) is 18.1 Å². The Morgan fingerprint density at radius 3 is 2.16 bits per heavy atom. The molecule has 0 bridgehead atoms. The molecule has 0 unspecified atom stereocenters. The van der Waals surface area contributed by atoms with Gasteiger partial charge >= 0.3 is 5.97 Å². The second kappa shape index (κ2) is 14.5. The van der Waals surface area contributed by atoms with Crippen LogP contribution in [0.25, 0.3) is 6.08 Å². The van der Waals surface area contributed by atoms with Crippen LogP contribution in [0.4, 0.5) is 0 Å². The van der Waals surface area contributed by atoms with Gasteiger partial charge in [-0.05, 0) is 54.8 Å². The number of phenolic OH excluding ortho intramolecular Hbond substituents is 4. The first-order valence-electron chi connectivity index (χ1n) is 13.7. The Kier molecular flexibility index (Phi) is 11.0. The second-order valence-electron chi connectivity index (χ2n) is 10.5. The van der Waals surface area contributed by atoms with Crippen LogP contribution in [0, 0.1) is 0 Å².